The van der Waals surface area contributed by atoms with E-state index in [9.17, 15) is 4.79 Å². The van der Waals surface area contributed by atoms with Crippen LogP contribution in [0.4, 0.5) is 0 Å². The fourth-order valence-corrected chi connectivity index (χ4v) is 3.17. The first-order valence-electron chi connectivity index (χ1n) is 6.89. The van der Waals surface area contributed by atoms with E-state index in [-0.39, 0.29) is 5.91 Å². The van der Waals surface area contributed by atoms with Gasteiger partial charge in [0.2, 0.25) is 0 Å². The van der Waals surface area contributed by atoms with E-state index in [0.29, 0.717) is 5.69 Å². The molecule has 1 saturated heterocycles. The molecular weight excluding hydrogens is 270 g/mol. The molecule has 0 radical (unpaired) electrons. The molecule has 2 aromatic rings. The molecule has 0 unspecified atom stereocenters. The molecular formula is C15H17N3OS. The number of carbonyl (C=O) groups is 1. The molecule has 1 aliphatic heterocycles. The van der Waals surface area contributed by atoms with Crippen LogP contribution in [-0.2, 0) is 0 Å². The van der Waals surface area contributed by atoms with Gasteiger partial charge in [-0.15, -0.1) is 11.3 Å². The molecule has 0 aromatic carbocycles. The van der Waals surface area contributed by atoms with Crippen molar-refractivity contribution >= 4 is 17.2 Å². The van der Waals surface area contributed by atoms with Crippen molar-refractivity contribution in [2.24, 2.45) is 5.92 Å². The number of thiazole rings is 1. The van der Waals surface area contributed by atoms with Gasteiger partial charge in [0.25, 0.3) is 5.91 Å². The summed E-state index contributed by atoms with van der Waals surface area (Å²) in [4.78, 5) is 22.8. The molecule has 3 heterocycles. The first-order chi connectivity index (χ1) is 9.74. The lowest BCUT2D eigenvalue weighted by atomic mass is 9.99. The second kappa shape index (κ2) is 5.71. The number of amides is 1. The van der Waals surface area contributed by atoms with Crippen LogP contribution in [-0.4, -0.2) is 33.9 Å². The predicted molar refractivity (Wildman–Crippen MR) is 79.6 cm³/mol. The minimum Gasteiger partial charge on any atom is -0.337 e. The SMILES string of the molecule is CC1CCN(C(=O)c2csc(-c3ccncc3)n2)CC1. The minimum absolute atomic E-state index is 0.0634. The lowest BCUT2D eigenvalue weighted by Crippen LogP contribution is -2.38. The highest BCUT2D eigenvalue weighted by molar-refractivity contribution is 7.13. The molecule has 1 fully saturated rings. The Morgan fingerprint density at radius 1 is 1.30 bits per heavy atom. The molecule has 20 heavy (non-hydrogen) atoms. The van der Waals surface area contributed by atoms with Crippen LogP contribution < -0.4 is 0 Å². The van der Waals surface area contributed by atoms with Gasteiger partial charge in [-0.3, -0.25) is 9.78 Å². The Morgan fingerprint density at radius 3 is 2.70 bits per heavy atom. The highest BCUT2D eigenvalue weighted by Crippen LogP contribution is 2.24. The smallest absolute Gasteiger partial charge is 0.273 e. The number of hydrogen-bond acceptors (Lipinski definition) is 4. The van der Waals surface area contributed by atoms with Crippen LogP contribution in [0.15, 0.2) is 29.9 Å². The summed E-state index contributed by atoms with van der Waals surface area (Å²) in [7, 11) is 0. The van der Waals surface area contributed by atoms with Crippen LogP contribution in [0.3, 0.4) is 0 Å². The van der Waals surface area contributed by atoms with E-state index in [1.54, 1.807) is 12.4 Å². The van der Waals surface area contributed by atoms with Crippen molar-refractivity contribution in [3.05, 3.63) is 35.6 Å². The normalized spacial score (nSPS) is 16.4. The summed E-state index contributed by atoms with van der Waals surface area (Å²) >= 11 is 1.51. The maximum atomic E-state index is 12.4. The highest BCUT2D eigenvalue weighted by atomic mass is 32.1. The topological polar surface area (TPSA) is 46.1 Å². The van der Waals surface area contributed by atoms with Crippen LogP contribution in [0.2, 0.25) is 0 Å². The van der Waals surface area contributed by atoms with E-state index in [4.69, 9.17) is 0 Å². The molecule has 0 saturated carbocycles. The number of piperidine rings is 1. The molecule has 0 aliphatic carbocycles. The second-order valence-corrected chi connectivity index (χ2v) is 6.11. The van der Waals surface area contributed by atoms with Gasteiger partial charge in [-0.1, -0.05) is 6.92 Å². The lowest BCUT2D eigenvalue weighted by molar-refractivity contribution is 0.0692. The molecule has 1 amide bonds. The number of carbonyl (C=O) groups excluding carboxylic acids is 1. The molecule has 3 rings (SSSR count). The Morgan fingerprint density at radius 2 is 2.00 bits per heavy atom. The fourth-order valence-electron chi connectivity index (χ4n) is 2.37. The zero-order valence-corrected chi connectivity index (χ0v) is 12.3. The van der Waals surface area contributed by atoms with Gasteiger partial charge < -0.3 is 4.90 Å². The molecule has 0 spiro atoms. The third kappa shape index (κ3) is 2.72. The summed E-state index contributed by atoms with van der Waals surface area (Å²) in [6, 6.07) is 3.82. The van der Waals surface area contributed by atoms with Crippen LogP contribution in [0.25, 0.3) is 10.6 Å². The molecule has 2 aromatic heterocycles. The Bertz CT molecular complexity index is 588. The van der Waals surface area contributed by atoms with Crippen molar-refractivity contribution in [1.29, 1.82) is 0 Å². The number of nitrogens with zero attached hydrogens (tertiary/aromatic N) is 3. The average Bonchev–Trinajstić information content (AvgIpc) is 2.98. The van der Waals surface area contributed by atoms with Crippen molar-refractivity contribution in [3.63, 3.8) is 0 Å². The van der Waals surface area contributed by atoms with E-state index in [1.807, 2.05) is 22.4 Å². The minimum atomic E-state index is 0.0634. The van der Waals surface area contributed by atoms with Crippen LogP contribution in [0.5, 0.6) is 0 Å². The Hall–Kier alpha value is -1.75. The number of pyridine rings is 1. The molecule has 0 N–H and O–H groups in total. The van der Waals surface area contributed by atoms with Crippen molar-refractivity contribution in [1.82, 2.24) is 14.9 Å². The van der Waals surface area contributed by atoms with E-state index in [2.05, 4.69) is 16.9 Å². The van der Waals surface area contributed by atoms with Gasteiger partial charge in [0.15, 0.2) is 0 Å². The average molecular weight is 287 g/mol. The maximum absolute atomic E-state index is 12.4. The van der Waals surface area contributed by atoms with Gasteiger partial charge in [-0.2, -0.15) is 0 Å². The van der Waals surface area contributed by atoms with E-state index in [0.717, 1.165) is 42.4 Å². The molecule has 5 heteroatoms. The van der Waals surface area contributed by atoms with Gasteiger partial charge in [0, 0.05) is 36.4 Å². The van der Waals surface area contributed by atoms with Gasteiger partial charge in [0.05, 0.1) is 0 Å². The van der Waals surface area contributed by atoms with Crippen molar-refractivity contribution < 1.29 is 4.79 Å². The summed E-state index contributed by atoms with van der Waals surface area (Å²) in [5.41, 5.74) is 1.58. The quantitative estimate of drug-likeness (QED) is 0.852. The monoisotopic (exact) mass is 287 g/mol. The van der Waals surface area contributed by atoms with Crippen LogP contribution in [0, 0.1) is 5.92 Å². The second-order valence-electron chi connectivity index (χ2n) is 5.25. The molecule has 104 valence electrons. The fraction of sp³-hybridized carbons (Fsp3) is 0.400. The number of likely N-dealkylation sites (tertiary alicyclic amines) is 1. The van der Waals surface area contributed by atoms with Crippen LogP contribution in [0.1, 0.15) is 30.3 Å². The van der Waals surface area contributed by atoms with Crippen molar-refractivity contribution in [3.8, 4) is 10.6 Å². The van der Waals surface area contributed by atoms with Gasteiger partial charge >= 0.3 is 0 Å². The third-order valence-corrected chi connectivity index (χ3v) is 4.61. The summed E-state index contributed by atoms with van der Waals surface area (Å²) in [5, 5.41) is 2.73. The molecule has 0 atom stereocenters. The van der Waals surface area contributed by atoms with Gasteiger partial charge in [0.1, 0.15) is 10.7 Å². The van der Waals surface area contributed by atoms with Crippen molar-refractivity contribution in [2.75, 3.05) is 13.1 Å². The van der Waals surface area contributed by atoms with E-state index in [1.165, 1.54) is 11.3 Å². The number of rotatable bonds is 2. The molecule has 0 bridgehead atoms. The third-order valence-electron chi connectivity index (χ3n) is 3.72. The Labute approximate surface area is 122 Å². The Balaban J connectivity index is 1.75. The first kappa shape index (κ1) is 13.2. The van der Waals surface area contributed by atoms with Gasteiger partial charge in [-0.25, -0.2) is 4.98 Å². The summed E-state index contributed by atoms with van der Waals surface area (Å²) in [6.07, 6.45) is 5.66. The maximum Gasteiger partial charge on any atom is 0.273 e. The Kier molecular flexibility index (Phi) is 3.78. The lowest BCUT2D eigenvalue weighted by Gasteiger charge is -2.29. The van der Waals surface area contributed by atoms with Crippen molar-refractivity contribution in [2.45, 2.75) is 19.8 Å². The standard InChI is InChI=1S/C15H17N3OS/c1-11-4-8-18(9-5-11)15(19)13-10-20-14(17-13)12-2-6-16-7-3-12/h2-3,6-7,10-11H,4-5,8-9H2,1H3. The zero-order chi connectivity index (χ0) is 13.9. The largest absolute Gasteiger partial charge is 0.337 e. The van der Waals surface area contributed by atoms with E-state index < -0.39 is 0 Å². The highest BCUT2D eigenvalue weighted by Gasteiger charge is 2.23. The number of hydrogen-bond donors (Lipinski definition) is 0. The van der Waals surface area contributed by atoms with Gasteiger partial charge in [-0.05, 0) is 30.9 Å². The van der Waals surface area contributed by atoms with E-state index >= 15 is 0 Å². The first-order valence-corrected chi connectivity index (χ1v) is 7.77. The summed E-state index contributed by atoms with van der Waals surface area (Å²) in [5.74, 6) is 0.787. The zero-order valence-electron chi connectivity index (χ0n) is 11.5. The van der Waals surface area contributed by atoms with Crippen LogP contribution >= 0.6 is 11.3 Å². The molecule has 4 nitrogen and oxygen atoms in total. The number of aromatic nitrogens is 2. The molecule has 1 aliphatic rings. The summed E-state index contributed by atoms with van der Waals surface area (Å²) < 4.78 is 0. The predicted octanol–water partition coefficient (Wildman–Crippen LogP) is 3.08. The summed E-state index contributed by atoms with van der Waals surface area (Å²) in [6.45, 7) is 3.94.